The van der Waals surface area contributed by atoms with Crippen molar-refractivity contribution in [2.75, 3.05) is 10.6 Å². The number of rotatable bonds is 6. The zero-order valence-electron chi connectivity index (χ0n) is 19.3. The average molecular weight is 528 g/mol. The first kappa shape index (κ1) is 25.1. The van der Waals surface area contributed by atoms with Crippen molar-refractivity contribution in [2.45, 2.75) is 18.9 Å². The van der Waals surface area contributed by atoms with Crippen LogP contribution in [-0.4, -0.2) is 19.5 Å². The molecule has 0 radical (unpaired) electrons. The van der Waals surface area contributed by atoms with Gasteiger partial charge in [0, 0.05) is 17.9 Å². The molecule has 0 atom stereocenters. The molecular formula is C26H18F6N6. The molecule has 5 rings (SSSR count). The van der Waals surface area contributed by atoms with Crippen molar-refractivity contribution in [3.63, 3.8) is 0 Å². The summed E-state index contributed by atoms with van der Waals surface area (Å²) in [5, 5.41) is 5.91. The van der Waals surface area contributed by atoms with Crippen LogP contribution in [0.15, 0.2) is 85.2 Å². The fraction of sp³-hybridized carbons (Fsp3) is 0.115. The lowest BCUT2D eigenvalue weighted by Gasteiger charge is -2.13. The van der Waals surface area contributed by atoms with E-state index in [-0.39, 0.29) is 18.3 Å². The largest absolute Gasteiger partial charge is 0.416 e. The number of aromatic nitrogens is 4. The molecule has 0 aliphatic rings. The summed E-state index contributed by atoms with van der Waals surface area (Å²) < 4.78 is 79.9. The van der Waals surface area contributed by atoms with E-state index < -0.39 is 23.5 Å². The Labute approximate surface area is 212 Å². The van der Waals surface area contributed by atoms with Crippen molar-refractivity contribution in [1.29, 1.82) is 0 Å². The second-order valence-electron chi connectivity index (χ2n) is 8.27. The smallest absolute Gasteiger partial charge is 0.364 e. The second-order valence-corrected chi connectivity index (χ2v) is 8.27. The van der Waals surface area contributed by atoms with Gasteiger partial charge in [-0.1, -0.05) is 30.3 Å². The van der Waals surface area contributed by atoms with Crippen molar-refractivity contribution in [2.24, 2.45) is 0 Å². The van der Waals surface area contributed by atoms with E-state index in [1.165, 1.54) is 24.5 Å². The summed E-state index contributed by atoms with van der Waals surface area (Å²) in [6.07, 6.45) is -7.42. The Morgan fingerprint density at radius 2 is 1.45 bits per heavy atom. The standard InChI is InChI=1S/C26H18F6N6/c27-25(28,29)17-9-11-19(12-10-17)35-24-36-22(33-14-16-5-4-6-18(13-16)26(30,31)32)21-23(37-24)38(15-34-21)20-7-2-1-3-8-20/h1-13,15H,14H2,(H2,33,35,36,37). The Morgan fingerprint density at radius 1 is 0.737 bits per heavy atom. The molecule has 5 aromatic rings. The van der Waals surface area contributed by atoms with Gasteiger partial charge in [0.1, 0.15) is 6.33 Å². The van der Waals surface area contributed by atoms with Gasteiger partial charge >= 0.3 is 12.4 Å². The highest BCUT2D eigenvalue weighted by Crippen LogP contribution is 2.32. The van der Waals surface area contributed by atoms with E-state index in [0.717, 1.165) is 30.0 Å². The lowest BCUT2D eigenvalue weighted by Crippen LogP contribution is -2.09. The molecule has 194 valence electrons. The Hall–Kier alpha value is -4.61. The third-order valence-corrected chi connectivity index (χ3v) is 5.61. The zero-order chi connectivity index (χ0) is 26.9. The predicted molar refractivity (Wildman–Crippen MR) is 130 cm³/mol. The minimum absolute atomic E-state index is 0.00789. The van der Waals surface area contributed by atoms with E-state index in [4.69, 9.17) is 0 Å². The summed E-state index contributed by atoms with van der Waals surface area (Å²) in [6.45, 7) is 0.00789. The van der Waals surface area contributed by atoms with Gasteiger partial charge in [-0.3, -0.25) is 4.57 Å². The quantitative estimate of drug-likeness (QED) is 0.228. The predicted octanol–water partition coefficient (Wildman–Crippen LogP) is 7.21. The van der Waals surface area contributed by atoms with Crippen molar-refractivity contribution < 1.29 is 26.3 Å². The molecule has 0 spiro atoms. The number of para-hydroxylation sites is 1. The summed E-state index contributed by atoms with van der Waals surface area (Å²) >= 11 is 0. The van der Waals surface area contributed by atoms with E-state index in [2.05, 4.69) is 25.6 Å². The van der Waals surface area contributed by atoms with Gasteiger partial charge in [-0.05, 0) is 54.1 Å². The van der Waals surface area contributed by atoms with Crippen LogP contribution in [-0.2, 0) is 18.9 Å². The first-order valence-corrected chi connectivity index (χ1v) is 11.2. The molecule has 6 nitrogen and oxygen atoms in total. The van der Waals surface area contributed by atoms with Crippen LogP contribution in [0.2, 0.25) is 0 Å². The van der Waals surface area contributed by atoms with Crippen LogP contribution in [0.4, 0.5) is 43.8 Å². The molecule has 0 saturated carbocycles. The molecule has 3 aromatic carbocycles. The van der Waals surface area contributed by atoms with Gasteiger partial charge in [-0.25, -0.2) is 4.98 Å². The molecule has 38 heavy (non-hydrogen) atoms. The summed E-state index contributed by atoms with van der Waals surface area (Å²) in [6, 6.07) is 18.4. The summed E-state index contributed by atoms with van der Waals surface area (Å²) in [7, 11) is 0. The maximum atomic E-state index is 13.1. The molecule has 2 aromatic heterocycles. The van der Waals surface area contributed by atoms with Crippen molar-refractivity contribution in [1.82, 2.24) is 19.5 Å². The monoisotopic (exact) mass is 528 g/mol. The topological polar surface area (TPSA) is 67.7 Å². The molecule has 0 bridgehead atoms. The van der Waals surface area contributed by atoms with Crippen LogP contribution >= 0.6 is 0 Å². The summed E-state index contributed by atoms with van der Waals surface area (Å²) in [4.78, 5) is 13.3. The lowest BCUT2D eigenvalue weighted by molar-refractivity contribution is -0.138. The molecule has 0 aliphatic carbocycles. The zero-order valence-corrected chi connectivity index (χ0v) is 19.3. The summed E-state index contributed by atoms with van der Waals surface area (Å²) in [5.41, 5.74) is 0.593. The lowest BCUT2D eigenvalue weighted by atomic mass is 10.1. The van der Waals surface area contributed by atoms with Crippen molar-refractivity contribution in [3.05, 3.63) is 102 Å². The molecule has 0 unspecified atom stereocenters. The van der Waals surface area contributed by atoms with Gasteiger partial charge in [-0.15, -0.1) is 0 Å². The number of alkyl halides is 6. The van der Waals surface area contributed by atoms with Crippen LogP contribution in [0.1, 0.15) is 16.7 Å². The average Bonchev–Trinajstić information content (AvgIpc) is 3.31. The molecule has 0 fully saturated rings. The van der Waals surface area contributed by atoms with Gasteiger partial charge in [0.05, 0.1) is 11.1 Å². The number of anilines is 3. The summed E-state index contributed by atoms with van der Waals surface area (Å²) in [5.74, 6) is 0.290. The Kier molecular flexibility index (Phi) is 6.39. The van der Waals surface area contributed by atoms with Crippen LogP contribution < -0.4 is 10.6 Å². The third-order valence-electron chi connectivity index (χ3n) is 5.61. The van der Waals surface area contributed by atoms with E-state index >= 15 is 0 Å². The van der Waals surface area contributed by atoms with Crippen LogP contribution in [0, 0.1) is 0 Å². The second kappa shape index (κ2) is 9.69. The molecule has 0 aliphatic heterocycles. The van der Waals surface area contributed by atoms with Gasteiger partial charge in [0.15, 0.2) is 17.0 Å². The van der Waals surface area contributed by atoms with E-state index in [1.807, 2.05) is 30.3 Å². The number of nitrogens with zero attached hydrogens (tertiary/aromatic N) is 4. The van der Waals surface area contributed by atoms with Crippen LogP contribution in [0.25, 0.3) is 16.9 Å². The number of imidazole rings is 1. The first-order valence-electron chi connectivity index (χ1n) is 11.2. The van der Waals surface area contributed by atoms with Crippen molar-refractivity contribution >= 4 is 28.6 Å². The van der Waals surface area contributed by atoms with Crippen LogP contribution in [0.5, 0.6) is 0 Å². The minimum atomic E-state index is -4.48. The van der Waals surface area contributed by atoms with E-state index in [0.29, 0.717) is 22.4 Å². The number of hydrogen-bond donors (Lipinski definition) is 2. The number of halogens is 6. The molecule has 0 amide bonds. The fourth-order valence-corrected chi connectivity index (χ4v) is 3.77. The van der Waals surface area contributed by atoms with Gasteiger partial charge in [0.25, 0.3) is 0 Å². The number of hydrogen-bond acceptors (Lipinski definition) is 5. The highest BCUT2D eigenvalue weighted by atomic mass is 19.4. The maximum absolute atomic E-state index is 13.1. The first-order chi connectivity index (χ1) is 18.1. The minimum Gasteiger partial charge on any atom is -0.364 e. The van der Waals surface area contributed by atoms with Crippen LogP contribution in [0.3, 0.4) is 0 Å². The normalized spacial score (nSPS) is 12.1. The van der Waals surface area contributed by atoms with Gasteiger partial charge < -0.3 is 10.6 Å². The van der Waals surface area contributed by atoms with Crippen molar-refractivity contribution in [3.8, 4) is 5.69 Å². The molecule has 2 N–H and O–H groups in total. The molecular weight excluding hydrogens is 510 g/mol. The Bertz CT molecular complexity index is 1560. The van der Waals surface area contributed by atoms with E-state index in [1.54, 1.807) is 10.6 Å². The fourth-order valence-electron chi connectivity index (χ4n) is 3.77. The number of fused-ring (bicyclic) bond motifs is 1. The maximum Gasteiger partial charge on any atom is 0.416 e. The van der Waals surface area contributed by atoms with Gasteiger partial charge in [0.2, 0.25) is 5.95 Å². The highest BCUT2D eigenvalue weighted by molar-refractivity contribution is 5.86. The van der Waals surface area contributed by atoms with E-state index in [9.17, 15) is 26.3 Å². The Balaban J connectivity index is 1.51. The number of nitrogens with one attached hydrogen (secondary N) is 2. The Morgan fingerprint density at radius 3 is 2.13 bits per heavy atom. The molecule has 12 heteroatoms. The number of benzene rings is 3. The van der Waals surface area contributed by atoms with Gasteiger partial charge in [-0.2, -0.15) is 36.3 Å². The SMILES string of the molecule is FC(F)(F)c1ccc(Nc2nc(NCc3cccc(C(F)(F)F)c3)c3ncn(-c4ccccc4)c3n2)cc1. The molecule has 0 saturated heterocycles. The third kappa shape index (κ3) is 5.38. The highest BCUT2D eigenvalue weighted by Gasteiger charge is 2.31. The molecule has 2 heterocycles.